The maximum absolute atomic E-state index is 11.5. The summed E-state index contributed by atoms with van der Waals surface area (Å²) in [5, 5.41) is 0.451. The predicted molar refractivity (Wildman–Crippen MR) is 73.7 cm³/mol. The first-order valence-corrected chi connectivity index (χ1v) is 7.67. The van der Waals surface area contributed by atoms with Crippen LogP contribution in [0.2, 0.25) is 0 Å². The van der Waals surface area contributed by atoms with Gasteiger partial charge in [-0.3, -0.25) is 9.59 Å². The fourth-order valence-corrected chi connectivity index (χ4v) is 1.72. The number of halogens is 1. The highest BCUT2D eigenvalue weighted by Crippen LogP contribution is 2.07. The van der Waals surface area contributed by atoms with Crippen molar-refractivity contribution in [3.63, 3.8) is 0 Å². The molecule has 0 N–H and O–H groups in total. The first-order valence-electron chi connectivity index (χ1n) is 6.55. The highest BCUT2D eigenvalue weighted by molar-refractivity contribution is 9.09. The normalized spacial score (nSPS) is 11.9. The first kappa shape index (κ1) is 17.4. The quantitative estimate of drug-likeness (QED) is 0.352. The molecule has 0 radical (unpaired) electrons. The Kier molecular flexibility index (Phi) is 11.1. The molecule has 0 aliphatic carbocycles. The Hall–Kier alpha value is -0.580. The summed E-state index contributed by atoms with van der Waals surface area (Å²) in [5.41, 5.74) is 0. The van der Waals surface area contributed by atoms with Crippen LogP contribution < -0.4 is 0 Å². The topological polar surface area (TPSA) is 52.6 Å². The maximum Gasteiger partial charge on any atom is 0.309 e. The molecule has 0 spiro atoms. The van der Waals surface area contributed by atoms with E-state index in [4.69, 9.17) is 9.47 Å². The highest BCUT2D eigenvalue weighted by Gasteiger charge is 2.17. The number of hydrogen-bond acceptors (Lipinski definition) is 4. The van der Waals surface area contributed by atoms with Crippen molar-refractivity contribution in [2.45, 2.75) is 58.5 Å². The predicted octanol–water partition coefficient (Wildman–Crippen LogP) is 3.22. The fourth-order valence-electron chi connectivity index (χ4n) is 1.36. The number of ether oxygens (including phenoxy) is 2. The molecule has 0 fully saturated rings. The van der Waals surface area contributed by atoms with Crippen LogP contribution in [0, 0.1) is 0 Å². The smallest absolute Gasteiger partial charge is 0.309 e. The van der Waals surface area contributed by atoms with E-state index in [1.165, 1.54) is 0 Å². The number of alkyl halides is 1. The lowest BCUT2D eigenvalue weighted by atomic mass is 10.2. The minimum atomic E-state index is -0.428. The van der Waals surface area contributed by atoms with E-state index in [0.717, 1.165) is 25.7 Å². The molecule has 0 aliphatic heterocycles. The van der Waals surface area contributed by atoms with Crippen molar-refractivity contribution >= 4 is 27.9 Å². The molecule has 0 aromatic carbocycles. The van der Waals surface area contributed by atoms with Crippen molar-refractivity contribution in [3.05, 3.63) is 0 Å². The Balaban J connectivity index is 3.82. The number of unbranched alkanes of at least 4 members (excludes halogenated alkanes) is 2. The van der Waals surface area contributed by atoms with Crippen molar-refractivity contribution in [1.82, 2.24) is 0 Å². The van der Waals surface area contributed by atoms with Crippen molar-refractivity contribution in [2.75, 3.05) is 11.9 Å². The number of carbonyl (C=O) groups is 2. The summed E-state index contributed by atoms with van der Waals surface area (Å²) in [6, 6.07) is 0. The molecule has 0 saturated carbocycles. The van der Waals surface area contributed by atoms with Gasteiger partial charge in [-0.1, -0.05) is 42.6 Å². The Labute approximate surface area is 118 Å². The number of esters is 2. The van der Waals surface area contributed by atoms with Crippen LogP contribution in [0.5, 0.6) is 0 Å². The summed E-state index contributed by atoms with van der Waals surface area (Å²) in [5.74, 6) is -0.569. The van der Waals surface area contributed by atoms with E-state index in [1.807, 2.05) is 6.92 Å². The van der Waals surface area contributed by atoms with Crippen molar-refractivity contribution in [3.8, 4) is 0 Å². The molecule has 1 unspecified atom stereocenters. The summed E-state index contributed by atoms with van der Waals surface area (Å²) >= 11 is 3.23. The Morgan fingerprint density at radius 1 is 1.11 bits per heavy atom. The van der Waals surface area contributed by atoms with Gasteiger partial charge < -0.3 is 9.47 Å². The third kappa shape index (κ3) is 9.45. The summed E-state index contributed by atoms with van der Waals surface area (Å²) < 4.78 is 10.2. The van der Waals surface area contributed by atoms with E-state index in [1.54, 1.807) is 0 Å². The van der Waals surface area contributed by atoms with E-state index in [9.17, 15) is 9.59 Å². The van der Waals surface area contributed by atoms with Crippen LogP contribution in [0.3, 0.4) is 0 Å². The van der Waals surface area contributed by atoms with Gasteiger partial charge >= 0.3 is 11.9 Å². The number of carbonyl (C=O) groups excluding carboxylic acids is 2. The molecule has 0 saturated heterocycles. The Morgan fingerprint density at radius 3 is 2.39 bits per heavy atom. The van der Waals surface area contributed by atoms with Crippen molar-refractivity contribution in [1.29, 1.82) is 0 Å². The molecule has 0 amide bonds. The van der Waals surface area contributed by atoms with E-state index in [0.29, 0.717) is 18.4 Å². The van der Waals surface area contributed by atoms with Gasteiger partial charge in [-0.25, -0.2) is 0 Å². The van der Waals surface area contributed by atoms with Crippen LogP contribution >= 0.6 is 15.9 Å². The molecule has 0 heterocycles. The second-order valence-corrected chi connectivity index (χ2v) is 4.80. The van der Waals surface area contributed by atoms with Gasteiger partial charge in [0.2, 0.25) is 0 Å². The molecule has 0 aromatic heterocycles. The van der Waals surface area contributed by atoms with E-state index in [2.05, 4.69) is 22.9 Å². The summed E-state index contributed by atoms with van der Waals surface area (Å²) in [6.07, 6.45) is 3.85. The van der Waals surface area contributed by atoms with Crippen LogP contribution in [0.25, 0.3) is 0 Å². The Bertz CT molecular complexity index is 243. The molecule has 1 atom stereocenters. The van der Waals surface area contributed by atoms with Gasteiger partial charge in [-0.2, -0.15) is 0 Å². The summed E-state index contributed by atoms with van der Waals surface area (Å²) in [4.78, 5) is 22.8. The van der Waals surface area contributed by atoms with E-state index in [-0.39, 0.29) is 18.4 Å². The van der Waals surface area contributed by atoms with Gasteiger partial charge in [-0.15, -0.1) is 0 Å². The lowest BCUT2D eigenvalue weighted by Crippen LogP contribution is -2.24. The van der Waals surface area contributed by atoms with Crippen LogP contribution in [-0.4, -0.2) is 30.0 Å². The van der Waals surface area contributed by atoms with Crippen LogP contribution in [0.15, 0.2) is 0 Å². The van der Waals surface area contributed by atoms with Gasteiger partial charge in [0.05, 0.1) is 13.0 Å². The molecule has 0 aliphatic rings. The molecular weight excluding hydrogens is 300 g/mol. The van der Waals surface area contributed by atoms with Crippen LogP contribution in [-0.2, 0) is 19.1 Å². The van der Waals surface area contributed by atoms with E-state index < -0.39 is 6.10 Å². The third-order valence-corrected chi connectivity index (χ3v) is 3.05. The highest BCUT2D eigenvalue weighted by atomic mass is 79.9. The first-order chi connectivity index (χ1) is 8.63. The molecular formula is C13H23BrO4. The average molecular weight is 323 g/mol. The zero-order valence-electron chi connectivity index (χ0n) is 11.2. The standard InChI is InChI=1S/C13H23BrO4/c1-3-5-6-8-17-13(16)9-11(10-14)18-12(15)7-4-2/h11H,3-10H2,1-2H3. The second kappa shape index (κ2) is 11.5. The lowest BCUT2D eigenvalue weighted by Gasteiger charge is -2.14. The maximum atomic E-state index is 11.5. The third-order valence-electron chi connectivity index (χ3n) is 2.33. The fraction of sp³-hybridized carbons (Fsp3) is 0.846. The van der Waals surface area contributed by atoms with Crippen molar-refractivity contribution in [2.24, 2.45) is 0 Å². The largest absolute Gasteiger partial charge is 0.466 e. The molecule has 18 heavy (non-hydrogen) atoms. The minimum absolute atomic E-state index is 0.118. The minimum Gasteiger partial charge on any atom is -0.466 e. The second-order valence-electron chi connectivity index (χ2n) is 4.15. The molecule has 5 heteroatoms. The molecule has 106 valence electrons. The summed E-state index contributed by atoms with van der Waals surface area (Å²) in [7, 11) is 0. The van der Waals surface area contributed by atoms with Gasteiger partial charge in [-0.05, 0) is 12.8 Å². The average Bonchev–Trinajstić information content (AvgIpc) is 2.34. The molecule has 0 aromatic rings. The van der Waals surface area contributed by atoms with Gasteiger partial charge in [0.15, 0.2) is 0 Å². The van der Waals surface area contributed by atoms with Crippen molar-refractivity contribution < 1.29 is 19.1 Å². The van der Waals surface area contributed by atoms with Gasteiger partial charge in [0, 0.05) is 11.8 Å². The molecule has 0 rings (SSSR count). The summed E-state index contributed by atoms with van der Waals surface area (Å²) in [6.45, 7) is 4.45. The molecule has 0 bridgehead atoms. The SMILES string of the molecule is CCCCCOC(=O)CC(CBr)OC(=O)CCC. The van der Waals surface area contributed by atoms with E-state index >= 15 is 0 Å². The van der Waals surface area contributed by atoms with Crippen LogP contribution in [0.4, 0.5) is 0 Å². The lowest BCUT2D eigenvalue weighted by molar-refractivity contribution is -0.153. The van der Waals surface area contributed by atoms with Crippen LogP contribution in [0.1, 0.15) is 52.4 Å². The number of hydrogen-bond donors (Lipinski definition) is 0. The van der Waals surface area contributed by atoms with Gasteiger partial charge in [0.1, 0.15) is 6.10 Å². The molecule has 4 nitrogen and oxygen atoms in total. The Morgan fingerprint density at radius 2 is 1.83 bits per heavy atom. The zero-order valence-corrected chi connectivity index (χ0v) is 12.8. The monoisotopic (exact) mass is 322 g/mol. The number of rotatable bonds is 10. The van der Waals surface area contributed by atoms with Gasteiger partial charge in [0.25, 0.3) is 0 Å². The zero-order chi connectivity index (χ0) is 13.8.